The number of carbonyl (C=O) groups excluding carboxylic acids is 4. The fourth-order valence-corrected chi connectivity index (χ4v) is 6.57. The first-order valence-electron chi connectivity index (χ1n) is 11.9. The number of Topliss-reactive ketones (excluding diaryl/α,β-unsaturated/α-hetero) is 2. The summed E-state index contributed by atoms with van der Waals surface area (Å²) in [6.07, 6.45) is -0.0270. The number of nitrogens with two attached hydrogens (primary N) is 1. The van der Waals surface area contributed by atoms with Gasteiger partial charge in [0, 0.05) is 25.6 Å². The number of likely N-dealkylation sites (N-methyl/N-ethyl adjacent to an activating group) is 1. The number of aliphatic hydroxyl groups is 3. The zero-order valence-corrected chi connectivity index (χ0v) is 23.0. The van der Waals surface area contributed by atoms with Gasteiger partial charge in [-0.2, -0.15) is 0 Å². The van der Waals surface area contributed by atoms with Gasteiger partial charge >= 0.3 is 0 Å². The molecule has 2 amide bonds. The molecule has 1 aromatic carbocycles. The number of phenols is 1. The Morgan fingerprint density at radius 2 is 1.77 bits per heavy atom. The number of primary amides is 1. The molecule has 4 rings (SSSR count). The van der Waals surface area contributed by atoms with Crippen molar-refractivity contribution in [3.05, 3.63) is 38.8 Å². The van der Waals surface area contributed by atoms with E-state index < -0.39 is 75.6 Å². The van der Waals surface area contributed by atoms with Gasteiger partial charge in [-0.1, -0.05) is 11.6 Å². The number of fused-ring (bicyclic) bond motifs is 3. The van der Waals surface area contributed by atoms with E-state index in [1.807, 2.05) is 0 Å². The van der Waals surface area contributed by atoms with Gasteiger partial charge in [-0.3, -0.25) is 24.1 Å². The fourth-order valence-electron chi connectivity index (χ4n) is 6.09. The highest BCUT2D eigenvalue weighted by Crippen LogP contribution is 2.55. The van der Waals surface area contributed by atoms with Gasteiger partial charge in [-0.15, -0.1) is 11.6 Å². The standard InChI is InChI=1S/C25H28Cl2N4O8/c1-30(2)17-9-5-8-6-10-18(31(3)4)21(35)14(24(28)38)23(37)25(10,39)22(36)12(8)19(33)13(9)20(34)16(15(17)27)29-11(32)7-26/h8,10,18,34-36,39H,5-7H2,1-4H3,(H2,28,38)(H,29,32). The van der Waals surface area contributed by atoms with Crippen LogP contribution in [-0.4, -0.2) is 94.4 Å². The van der Waals surface area contributed by atoms with Gasteiger partial charge in [0.05, 0.1) is 22.3 Å². The number of ketones is 2. The van der Waals surface area contributed by atoms with Crippen LogP contribution in [0.1, 0.15) is 22.3 Å². The normalized spacial score (nSPS) is 26.3. The maximum absolute atomic E-state index is 13.9. The van der Waals surface area contributed by atoms with Crippen molar-refractivity contribution in [1.29, 1.82) is 0 Å². The second-order valence-corrected chi connectivity index (χ2v) is 10.9. The van der Waals surface area contributed by atoms with E-state index >= 15 is 0 Å². The van der Waals surface area contributed by atoms with Crippen molar-refractivity contribution in [2.24, 2.45) is 17.6 Å². The van der Waals surface area contributed by atoms with Crippen LogP contribution in [0.15, 0.2) is 22.7 Å². The number of halogens is 2. The summed E-state index contributed by atoms with van der Waals surface area (Å²) in [6.45, 7) is 0. The first kappa shape index (κ1) is 28.7. The van der Waals surface area contributed by atoms with Crippen LogP contribution in [0.4, 0.5) is 11.4 Å². The maximum Gasteiger partial charge on any atom is 0.255 e. The number of alkyl halides is 1. The number of rotatable bonds is 5. The lowest BCUT2D eigenvalue weighted by atomic mass is 9.58. The van der Waals surface area contributed by atoms with Crippen LogP contribution in [0.25, 0.3) is 0 Å². The fraction of sp³-hybridized carbons (Fsp3) is 0.440. The van der Waals surface area contributed by atoms with Gasteiger partial charge in [0.25, 0.3) is 5.91 Å². The van der Waals surface area contributed by atoms with Crippen LogP contribution in [0.2, 0.25) is 5.02 Å². The average Bonchev–Trinajstić information content (AvgIpc) is 2.83. The number of benzene rings is 1. The summed E-state index contributed by atoms with van der Waals surface area (Å²) in [5.74, 6) is -8.95. The minimum absolute atomic E-state index is 0.0407. The number of phenolic OH excluding ortho intramolecular Hbond substituents is 1. The van der Waals surface area contributed by atoms with Gasteiger partial charge in [-0.05, 0) is 38.4 Å². The molecule has 12 nitrogen and oxygen atoms in total. The lowest BCUT2D eigenvalue weighted by Crippen LogP contribution is -2.63. The first-order valence-corrected chi connectivity index (χ1v) is 12.8. The molecular formula is C25H28Cl2N4O8. The van der Waals surface area contributed by atoms with E-state index in [9.17, 15) is 39.6 Å². The van der Waals surface area contributed by atoms with Crippen molar-refractivity contribution in [2.45, 2.75) is 24.5 Å². The molecule has 39 heavy (non-hydrogen) atoms. The molecule has 7 N–H and O–H groups in total. The number of amides is 2. The second-order valence-electron chi connectivity index (χ2n) is 10.3. The van der Waals surface area contributed by atoms with Crippen molar-refractivity contribution in [1.82, 2.24) is 4.90 Å². The van der Waals surface area contributed by atoms with E-state index in [1.54, 1.807) is 33.1 Å². The maximum atomic E-state index is 13.9. The molecule has 3 aliphatic rings. The molecule has 4 unspecified atom stereocenters. The Labute approximate surface area is 233 Å². The Kier molecular flexibility index (Phi) is 7.13. The molecular weight excluding hydrogens is 555 g/mol. The quantitative estimate of drug-likeness (QED) is 0.166. The number of carbonyl (C=O) groups is 4. The lowest BCUT2D eigenvalue weighted by molar-refractivity contribution is -0.148. The lowest BCUT2D eigenvalue weighted by Gasteiger charge is -2.50. The van der Waals surface area contributed by atoms with Crippen LogP contribution in [-0.2, 0) is 20.8 Å². The van der Waals surface area contributed by atoms with Gasteiger partial charge in [-0.25, -0.2) is 0 Å². The second kappa shape index (κ2) is 9.70. The molecule has 0 fully saturated rings. The van der Waals surface area contributed by atoms with E-state index in [1.165, 1.54) is 4.90 Å². The Balaban J connectivity index is 2.00. The van der Waals surface area contributed by atoms with Crippen molar-refractivity contribution in [3.63, 3.8) is 0 Å². The summed E-state index contributed by atoms with van der Waals surface area (Å²) >= 11 is 12.2. The minimum Gasteiger partial charge on any atom is -0.510 e. The van der Waals surface area contributed by atoms with E-state index in [2.05, 4.69) is 5.32 Å². The van der Waals surface area contributed by atoms with Gasteiger partial charge in [0.1, 0.15) is 28.7 Å². The summed E-state index contributed by atoms with van der Waals surface area (Å²) in [7, 11) is 6.39. The predicted molar refractivity (Wildman–Crippen MR) is 142 cm³/mol. The van der Waals surface area contributed by atoms with Crippen LogP contribution in [0.5, 0.6) is 5.75 Å². The number of hydrogen-bond donors (Lipinski definition) is 6. The molecule has 0 spiro atoms. The summed E-state index contributed by atoms with van der Waals surface area (Å²) in [5, 5.41) is 47.4. The van der Waals surface area contributed by atoms with Crippen LogP contribution in [0.3, 0.4) is 0 Å². The minimum atomic E-state index is -2.76. The van der Waals surface area contributed by atoms with Gasteiger partial charge in [0.15, 0.2) is 17.1 Å². The number of nitrogens with one attached hydrogen (secondary N) is 1. The monoisotopic (exact) mass is 582 g/mol. The Morgan fingerprint density at radius 3 is 2.28 bits per heavy atom. The van der Waals surface area contributed by atoms with Gasteiger partial charge in [0.2, 0.25) is 11.7 Å². The Hall–Kier alpha value is -3.32. The third-order valence-electron chi connectivity index (χ3n) is 7.64. The van der Waals surface area contributed by atoms with E-state index in [0.717, 1.165) is 0 Å². The number of anilines is 2. The average molecular weight is 583 g/mol. The van der Waals surface area contributed by atoms with Crippen LogP contribution >= 0.6 is 23.2 Å². The molecule has 0 radical (unpaired) electrons. The number of hydrogen-bond acceptors (Lipinski definition) is 10. The van der Waals surface area contributed by atoms with E-state index in [0.29, 0.717) is 11.3 Å². The van der Waals surface area contributed by atoms with E-state index in [-0.39, 0.29) is 34.7 Å². The Bertz CT molecular complexity index is 1400. The zero-order valence-electron chi connectivity index (χ0n) is 21.5. The summed E-state index contributed by atoms with van der Waals surface area (Å²) < 4.78 is 0. The molecule has 0 heterocycles. The smallest absolute Gasteiger partial charge is 0.255 e. The molecule has 0 saturated carbocycles. The molecule has 0 bridgehead atoms. The van der Waals surface area contributed by atoms with E-state index in [4.69, 9.17) is 28.9 Å². The molecule has 3 aliphatic carbocycles. The molecule has 1 aromatic rings. The highest BCUT2D eigenvalue weighted by atomic mass is 35.5. The summed E-state index contributed by atoms with van der Waals surface area (Å²) in [4.78, 5) is 54.5. The first-order chi connectivity index (χ1) is 18.1. The number of nitrogens with zero attached hydrogens (tertiary/aromatic N) is 2. The molecule has 14 heteroatoms. The summed E-state index contributed by atoms with van der Waals surface area (Å²) in [6, 6.07) is -1.10. The molecule has 4 atom stereocenters. The van der Waals surface area contributed by atoms with Crippen molar-refractivity contribution >= 4 is 58.0 Å². The molecule has 0 aromatic heterocycles. The predicted octanol–water partition coefficient (Wildman–Crippen LogP) is 1.02. The zero-order chi connectivity index (χ0) is 29.3. The molecule has 0 saturated heterocycles. The van der Waals surface area contributed by atoms with Crippen molar-refractivity contribution < 1.29 is 39.6 Å². The summed E-state index contributed by atoms with van der Waals surface area (Å²) in [5.41, 5.74) is 1.46. The third-order valence-corrected chi connectivity index (χ3v) is 8.25. The highest BCUT2D eigenvalue weighted by Gasteiger charge is 2.63. The SMILES string of the molecule is CN(C)c1c(Cl)c(NC(=O)CCl)c(O)c2c1CC1CC3C(N(C)C)C(O)=C(C(N)=O)C(=O)C3(O)C(O)=C1C2=O. The van der Waals surface area contributed by atoms with Crippen molar-refractivity contribution in [2.75, 3.05) is 44.3 Å². The molecule has 210 valence electrons. The number of aromatic hydroxyl groups is 1. The van der Waals surface area contributed by atoms with Gasteiger partial charge < -0.3 is 36.4 Å². The highest BCUT2D eigenvalue weighted by molar-refractivity contribution is 6.38. The van der Waals surface area contributed by atoms with Crippen molar-refractivity contribution in [3.8, 4) is 5.75 Å². The largest absolute Gasteiger partial charge is 0.510 e. The number of aliphatic hydroxyl groups excluding tert-OH is 2. The molecule has 0 aliphatic heterocycles. The Morgan fingerprint density at radius 1 is 1.15 bits per heavy atom. The third kappa shape index (κ3) is 3.96. The van der Waals surface area contributed by atoms with Crippen LogP contribution in [0, 0.1) is 11.8 Å². The van der Waals surface area contributed by atoms with Crippen LogP contribution < -0.4 is 16.0 Å². The topological polar surface area (TPSA) is 194 Å². The number of allylic oxidation sites excluding steroid dienone is 1.